The van der Waals surface area contributed by atoms with Crippen LogP contribution in [0.3, 0.4) is 0 Å². The summed E-state index contributed by atoms with van der Waals surface area (Å²) < 4.78 is 1.28. The quantitative estimate of drug-likeness (QED) is 0.768. The van der Waals surface area contributed by atoms with Gasteiger partial charge in [0.1, 0.15) is 6.54 Å². The molecule has 3 aromatic rings. The fourth-order valence-corrected chi connectivity index (χ4v) is 2.69. The molecule has 1 N–H and O–H groups in total. The van der Waals surface area contributed by atoms with E-state index in [0.29, 0.717) is 22.2 Å². The highest BCUT2D eigenvalue weighted by molar-refractivity contribution is 5.95. The van der Waals surface area contributed by atoms with Crippen LogP contribution in [0.25, 0.3) is 10.9 Å². The van der Waals surface area contributed by atoms with Crippen LogP contribution in [-0.4, -0.2) is 40.4 Å². The molecule has 1 aromatic heterocycles. The van der Waals surface area contributed by atoms with Crippen molar-refractivity contribution in [3.05, 3.63) is 70.3 Å². The predicted octanol–water partition coefficient (Wildman–Crippen LogP) is 2.05. The number of anilines is 1. The summed E-state index contributed by atoms with van der Waals surface area (Å²) in [4.78, 5) is 42.4. The van der Waals surface area contributed by atoms with Crippen LogP contribution < -0.4 is 10.9 Å². The van der Waals surface area contributed by atoms with Gasteiger partial charge in [-0.25, -0.2) is 4.98 Å². The van der Waals surface area contributed by atoms with E-state index in [0.717, 1.165) is 5.56 Å². The van der Waals surface area contributed by atoms with Gasteiger partial charge < -0.3 is 10.2 Å². The van der Waals surface area contributed by atoms with Crippen molar-refractivity contribution in [1.29, 1.82) is 0 Å². The number of aromatic nitrogens is 2. The number of fused-ring (bicyclic) bond motifs is 1. The Morgan fingerprint density at radius 2 is 1.81 bits per heavy atom. The molecule has 0 saturated carbocycles. The molecule has 7 nitrogen and oxygen atoms in total. The summed E-state index contributed by atoms with van der Waals surface area (Å²) in [7, 11) is 3.35. The number of carbonyl (C=O) groups excluding carboxylic acids is 2. The standard InChI is InChI=1S/C20H20N4O3/c1-13-4-9-17-16(10-13)20(27)24(12-21-17)11-18(25)22-15-7-5-14(6-8-15)19(26)23(2)3/h4-10,12H,11H2,1-3H3,(H,22,25). The average molecular weight is 364 g/mol. The summed E-state index contributed by atoms with van der Waals surface area (Å²) in [6, 6.07) is 12.0. The highest BCUT2D eigenvalue weighted by Crippen LogP contribution is 2.12. The van der Waals surface area contributed by atoms with E-state index in [4.69, 9.17) is 0 Å². The second kappa shape index (κ2) is 7.41. The van der Waals surface area contributed by atoms with Crippen LogP contribution in [0.1, 0.15) is 15.9 Å². The van der Waals surface area contributed by atoms with Crippen LogP contribution in [0, 0.1) is 6.92 Å². The van der Waals surface area contributed by atoms with Crippen molar-refractivity contribution >= 4 is 28.4 Å². The van der Waals surface area contributed by atoms with Gasteiger partial charge in [0.2, 0.25) is 5.91 Å². The maximum absolute atomic E-state index is 12.6. The average Bonchev–Trinajstić information content (AvgIpc) is 2.64. The van der Waals surface area contributed by atoms with Gasteiger partial charge in [0, 0.05) is 25.3 Å². The molecule has 0 aliphatic heterocycles. The number of carbonyl (C=O) groups is 2. The van der Waals surface area contributed by atoms with E-state index in [1.54, 1.807) is 50.5 Å². The van der Waals surface area contributed by atoms with Crippen molar-refractivity contribution in [3.8, 4) is 0 Å². The van der Waals surface area contributed by atoms with E-state index in [2.05, 4.69) is 10.3 Å². The van der Waals surface area contributed by atoms with Crippen LogP contribution in [0.4, 0.5) is 5.69 Å². The van der Waals surface area contributed by atoms with Gasteiger partial charge in [-0.1, -0.05) is 11.6 Å². The summed E-state index contributed by atoms with van der Waals surface area (Å²) in [6.07, 6.45) is 1.37. The molecule has 138 valence electrons. The molecule has 0 radical (unpaired) electrons. The molecule has 2 aromatic carbocycles. The summed E-state index contributed by atoms with van der Waals surface area (Å²) in [5, 5.41) is 3.20. The number of amides is 2. The fourth-order valence-electron chi connectivity index (χ4n) is 2.69. The molecule has 0 unspecified atom stereocenters. The third-order valence-electron chi connectivity index (χ3n) is 4.12. The SMILES string of the molecule is Cc1ccc2ncn(CC(=O)Nc3ccc(C(=O)N(C)C)cc3)c(=O)c2c1. The van der Waals surface area contributed by atoms with Gasteiger partial charge in [-0.2, -0.15) is 0 Å². The zero-order valence-electron chi connectivity index (χ0n) is 15.4. The van der Waals surface area contributed by atoms with Gasteiger partial charge in [0.15, 0.2) is 0 Å². The van der Waals surface area contributed by atoms with Gasteiger partial charge in [-0.15, -0.1) is 0 Å². The lowest BCUT2D eigenvalue weighted by molar-refractivity contribution is -0.116. The summed E-state index contributed by atoms with van der Waals surface area (Å²) in [5.41, 5.74) is 2.38. The minimum atomic E-state index is -0.349. The van der Waals surface area contributed by atoms with Crippen molar-refractivity contribution in [2.45, 2.75) is 13.5 Å². The molecular weight excluding hydrogens is 344 g/mol. The highest BCUT2D eigenvalue weighted by Gasteiger charge is 2.10. The Morgan fingerprint density at radius 1 is 1.11 bits per heavy atom. The van der Waals surface area contributed by atoms with Gasteiger partial charge in [0.25, 0.3) is 11.5 Å². The third kappa shape index (κ3) is 4.03. The molecular formula is C20H20N4O3. The van der Waals surface area contributed by atoms with Crippen molar-refractivity contribution < 1.29 is 9.59 Å². The van der Waals surface area contributed by atoms with E-state index < -0.39 is 0 Å². The predicted molar refractivity (Wildman–Crippen MR) is 104 cm³/mol. The van der Waals surface area contributed by atoms with Crippen LogP contribution in [-0.2, 0) is 11.3 Å². The maximum Gasteiger partial charge on any atom is 0.261 e. The molecule has 0 atom stereocenters. The van der Waals surface area contributed by atoms with Crippen molar-refractivity contribution in [3.63, 3.8) is 0 Å². The van der Waals surface area contributed by atoms with Crippen LogP contribution in [0.2, 0.25) is 0 Å². The van der Waals surface area contributed by atoms with E-state index in [1.807, 2.05) is 13.0 Å². The monoisotopic (exact) mass is 364 g/mol. The molecule has 2 amide bonds. The number of benzene rings is 2. The fraction of sp³-hybridized carbons (Fsp3) is 0.200. The zero-order chi connectivity index (χ0) is 19.6. The molecule has 27 heavy (non-hydrogen) atoms. The Bertz CT molecular complexity index is 1070. The van der Waals surface area contributed by atoms with E-state index in [9.17, 15) is 14.4 Å². The number of hydrogen-bond donors (Lipinski definition) is 1. The molecule has 0 aliphatic carbocycles. The number of nitrogens with one attached hydrogen (secondary N) is 1. The number of nitrogens with zero attached hydrogens (tertiary/aromatic N) is 3. The lowest BCUT2D eigenvalue weighted by Crippen LogP contribution is -2.28. The molecule has 1 heterocycles. The van der Waals surface area contributed by atoms with Crippen molar-refractivity contribution in [2.24, 2.45) is 0 Å². The largest absolute Gasteiger partial charge is 0.345 e. The highest BCUT2D eigenvalue weighted by atomic mass is 16.2. The first-order valence-corrected chi connectivity index (χ1v) is 8.42. The zero-order valence-corrected chi connectivity index (χ0v) is 15.4. The van der Waals surface area contributed by atoms with Crippen LogP contribution >= 0.6 is 0 Å². The minimum absolute atomic E-state index is 0.114. The lowest BCUT2D eigenvalue weighted by atomic mass is 10.2. The molecule has 0 aliphatic rings. The molecule has 0 fully saturated rings. The molecule has 7 heteroatoms. The molecule has 0 spiro atoms. The van der Waals surface area contributed by atoms with Crippen molar-refractivity contribution in [1.82, 2.24) is 14.5 Å². The number of rotatable bonds is 4. The van der Waals surface area contributed by atoms with Gasteiger partial charge in [0.05, 0.1) is 17.2 Å². The Kier molecular flexibility index (Phi) is 5.03. The normalized spacial score (nSPS) is 10.6. The summed E-state index contributed by atoms with van der Waals surface area (Å²) in [6.45, 7) is 1.75. The Hall–Kier alpha value is -3.48. The Labute approximate surface area is 156 Å². The molecule has 3 rings (SSSR count). The number of hydrogen-bond acceptors (Lipinski definition) is 4. The van der Waals surface area contributed by atoms with Gasteiger partial charge >= 0.3 is 0 Å². The smallest absolute Gasteiger partial charge is 0.261 e. The second-order valence-corrected chi connectivity index (χ2v) is 6.52. The maximum atomic E-state index is 12.6. The Morgan fingerprint density at radius 3 is 2.48 bits per heavy atom. The van der Waals surface area contributed by atoms with E-state index in [-0.39, 0.29) is 23.9 Å². The first kappa shape index (κ1) is 18.3. The van der Waals surface area contributed by atoms with E-state index >= 15 is 0 Å². The summed E-state index contributed by atoms with van der Waals surface area (Å²) >= 11 is 0. The van der Waals surface area contributed by atoms with Crippen LogP contribution in [0.5, 0.6) is 0 Å². The number of aryl methyl sites for hydroxylation is 1. The minimum Gasteiger partial charge on any atom is -0.345 e. The third-order valence-corrected chi connectivity index (χ3v) is 4.12. The van der Waals surface area contributed by atoms with Gasteiger partial charge in [-0.3, -0.25) is 19.0 Å². The van der Waals surface area contributed by atoms with E-state index in [1.165, 1.54) is 15.8 Å². The molecule has 0 bridgehead atoms. The topological polar surface area (TPSA) is 84.3 Å². The van der Waals surface area contributed by atoms with Crippen molar-refractivity contribution in [2.75, 3.05) is 19.4 Å². The van der Waals surface area contributed by atoms with Crippen LogP contribution in [0.15, 0.2) is 53.6 Å². The lowest BCUT2D eigenvalue weighted by Gasteiger charge is -2.11. The second-order valence-electron chi connectivity index (χ2n) is 6.52. The first-order chi connectivity index (χ1) is 12.8. The Balaban J connectivity index is 1.74. The molecule has 0 saturated heterocycles. The first-order valence-electron chi connectivity index (χ1n) is 8.42. The summed E-state index contributed by atoms with van der Waals surface area (Å²) in [5.74, 6) is -0.463. The van der Waals surface area contributed by atoms with Gasteiger partial charge in [-0.05, 0) is 43.3 Å².